The summed E-state index contributed by atoms with van der Waals surface area (Å²) >= 11 is 0. The smallest absolute Gasteiger partial charge is 0.196 e. The highest BCUT2D eigenvalue weighted by molar-refractivity contribution is 6.42. The molecule has 26 heavy (non-hydrogen) atoms. The number of fused-ring (bicyclic) bond motifs is 1. The fraction of sp³-hybridized carbons (Fsp3) is 0. The number of carbonyl (C=O) groups is 2. The summed E-state index contributed by atoms with van der Waals surface area (Å²) in [6, 6.07) is 18.4. The fourth-order valence-electron chi connectivity index (χ4n) is 3.30. The van der Waals surface area contributed by atoms with Gasteiger partial charge in [0.15, 0.2) is 11.6 Å². The average Bonchev–Trinajstić information content (AvgIpc) is 2.67. The van der Waals surface area contributed by atoms with E-state index in [0.717, 1.165) is 11.1 Å². The number of rotatable bonds is 2. The molecule has 0 radical (unpaired) electrons. The maximum absolute atomic E-state index is 13.0. The topological polar surface area (TPSA) is 86.2 Å². The van der Waals surface area contributed by atoms with E-state index in [-0.39, 0.29) is 34.1 Å². The molecule has 126 valence electrons. The Morgan fingerprint density at radius 3 is 1.23 bits per heavy atom. The number of hydrogen-bond acceptors (Lipinski definition) is 4. The fourth-order valence-corrected chi connectivity index (χ4v) is 3.30. The predicted molar refractivity (Wildman–Crippen MR) is 101 cm³/mol. The number of allylic oxidation sites excluding steroid dienone is 6. The molecule has 4 N–H and O–H groups in total. The number of ketones is 2. The normalized spacial score (nSPS) is 17.1. The molecule has 0 spiro atoms. The van der Waals surface area contributed by atoms with Crippen LogP contribution in [0.5, 0.6) is 0 Å². The number of benzene rings is 2. The molecule has 4 rings (SSSR count). The van der Waals surface area contributed by atoms with E-state index in [0.29, 0.717) is 11.1 Å². The Labute approximate surface area is 150 Å². The monoisotopic (exact) mass is 340 g/mol. The summed E-state index contributed by atoms with van der Waals surface area (Å²) < 4.78 is 0. The Morgan fingerprint density at radius 2 is 0.885 bits per heavy atom. The van der Waals surface area contributed by atoms with Gasteiger partial charge in [0.2, 0.25) is 0 Å². The quantitative estimate of drug-likeness (QED) is 0.880. The van der Waals surface area contributed by atoms with Gasteiger partial charge >= 0.3 is 0 Å². The highest BCUT2D eigenvalue weighted by atomic mass is 16.1. The van der Waals surface area contributed by atoms with Crippen LogP contribution in [-0.2, 0) is 9.59 Å². The highest BCUT2D eigenvalue weighted by Gasteiger charge is 2.36. The Hall–Kier alpha value is -3.66. The molecular formula is C22H16N2O2. The lowest BCUT2D eigenvalue weighted by Gasteiger charge is -2.25. The minimum absolute atomic E-state index is 0.188. The zero-order chi connectivity index (χ0) is 18.3. The second kappa shape index (κ2) is 6.01. The van der Waals surface area contributed by atoms with Crippen molar-refractivity contribution in [3.8, 4) is 0 Å². The summed E-state index contributed by atoms with van der Waals surface area (Å²) in [5.74, 6) is -0.566. The molecule has 0 atom stereocenters. The van der Waals surface area contributed by atoms with Gasteiger partial charge in [0, 0.05) is 22.5 Å². The minimum atomic E-state index is -0.283. The zero-order valence-electron chi connectivity index (χ0n) is 13.9. The molecular weight excluding hydrogens is 324 g/mol. The van der Waals surface area contributed by atoms with Crippen LogP contribution >= 0.6 is 0 Å². The molecule has 0 aliphatic heterocycles. The van der Waals surface area contributed by atoms with Gasteiger partial charge in [-0.05, 0) is 23.3 Å². The molecule has 0 bridgehead atoms. The highest BCUT2D eigenvalue weighted by Crippen LogP contribution is 2.37. The predicted octanol–water partition coefficient (Wildman–Crippen LogP) is 2.74. The largest absolute Gasteiger partial charge is 0.398 e. The van der Waals surface area contributed by atoms with Gasteiger partial charge in [-0.3, -0.25) is 9.59 Å². The first-order valence-electron chi connectivity index (χ1n) is 8.21. The van der Waals surface area contributed by atoms with Crippen molar-refractivity contribution in [1.82, 2.24) is 0 Å². The summed E-state index contributed by atoms with van der Waals surface area (Å²) in [7, 11) is 0. The van der Waals surface area contributed by atoms with E-state index in [9.17, 15) is 9.59 Å². The third kappa shape index (κ3) is 2.40. The summed E-state index contributed by atoms with van der Waals surface area (Å²) in [4.78, 5) is 26.1. The van der Waals surface area contributed by atoms with E-state index >= 15 is 0 Å². The van der Waals surface area contributed by atoms with E-state index in [1.54, 1.807) is 12.2 Å². The summed E-state index contributed by atoms with van der Waals surface area (Å²) in [6.45, 7) is 0. The number of carbonyl (C=O) groups excluding carboxylic acids is 2. The first kappa shape index (κ1) is 15.8. The SMILES string of the molecule is NC1=C2C(=O)C(c3ccccc3)=CC(N)=C2C(=O)C(c2ccccc2)=C1. The number of nitrogens with two attached hydrogens (primary N) is 2. The van der Waals surface area contributed by atoms with Crippen molar-refractivity contribution in [3.63, 3.8) is 0 Å². The number of hydrogen-bond donors (Lipinski definition) is 2. The van der Waals surface area contributed by atoms with Crippen LogP contribution in [0.2, 0.25) is 0 Å². The van der Waals surface area contributed by atoms with Gasteiger partial charge in [0.1, 0.15) is 0 Å². The summed E-state index contributed by atoms with van der Waals surface area (Å²) in [6.07, 6.45) is 3.13. The summed E-state index contributed by atoms with van der Waals surface area (Å²) in [5.41, 5.74) is 15.6. The van der Waals surface area contributed by atoms with Gasteiger partial charge in [0.25, 0.3) is 0 Å². The van der Waals surface area contributed by atoms with Crippen LogP contribution in [0, 0.1) is 0 Å². The molecule has 2 aromatic carbocycles. The van der Waals surface area contributed by atoms with E-state index in [1.165, 1.54) is 0 Å². The molecule has 4 heteroatoms. The van der Waals surface area contributed by atoms with Crippen molar-refractivity contribution in [1.29, 1.82) is 0 Å². The van der Waals surface area contributed by atoms with Crippen LogP contribution in [-0.4, -0.2) is 11.6 Å². The molecule has 2 aliphatic rings. The van der Waals surface area contributed by atoms with Crippen molar-refractivity contribution < 1.29 is 9.59 Å². The first-order chi connectivity index (χ1) is 12.6. The van der Waals surface area contributed by atoms with Crippen molar-refractivity contribution in [2.24, 2.45) is 11.5 Å². The first-order valence-corrected chi connectivity index (χ1v) is 8.21. The van der Waals surface area contributed by atoms with Crippen LogP contribution in [0.3, 0.4) is 0 Å². The maximum Gasteiger partial charge on any atom is 0.196 e. The van der Waals surface area contributed by atoms with Gasteiger partial charge < -0.3 is 11.5 Å². The minimum Gasteiger partial charge on any atom is -0.398 e. The van der Waals surface area contributed by atoms with Crippen LogP contribution in [0.15, 0.2) is 95.4 Å². The van der Waals surface area contributed by atoms with E-state index in [4.69, 9.17) is 11.5 Å². The van der Waals surface area contributed by atoms with Crippen LogP contribution in [0.4, 0.5) is 0 Å². The van der Waals surface area contributed by atoms with Gasteiger partial charge in [-0.15, -0.1) is 0 Å². The van der Waals surface area contributed by atoms with Crippen LogP contribution in [0.25, 0.3) is 11.1 Å². The van der Waals surface area contributed by atoms with Gasteiger partial charge in [-0.2, -0.15) is 0 Å². The van der Waals surface area contributed by atoms with Gasteiger partial charge in [0.05, 0.1) is 11.1 Å². The van der Waals surface area contributed by atoms with Crippen LogP contribution < -0.4 is 11.5 Å². The maximum atomic E-state index is 13.0. The molecule has 2 aliphatic carbocycles. The average molecular weight is 340 g/mol. The molecule has 0 amide bonds. The van der Waals surface area contributed by atoms with Crippen molar-refractivity contribution in [3.05, 3.63) is 106 Å². The number of Topliss-reactive ketones (excluding diaryl/α,β-unsaturated/α-hetero) is 2. The third-order valence-corrected chi connectivity index (χ3v) is 4.54. The Kier molecular flexibility index (Phi) is 3.66. The van der Waals surface area contributed by atoms with Gasteiger partial charge in [-0.1, -0.05) is 60.7 Å². The second-order valence-electron chi connectivity index (χ2n) is 6.17. The molecule has 4 nitrogen and oxygen atoms in total. The lowest BCUT2D eigenvalue weighted by atomic mass is 9.78. The van der Waals surface area contributed by atoms with Crippen LogP contribution in [0.1, 0.15) is 11.1 Å². The van der Waals surface area contributed by atoms with E-state index < -0.39 is 0 Å². The molecule has 0 unspecified atom stereocenters. The second-order valence-corrected chi connectivity index (χ2v) is 6.17. The molecule has 0 saturated carbocycles. The van der Waals surface area contributed by atoms with Crippen molar-refractivity contribution in [2.45, 2.75) is 0 Å². The standard InChI is InChI=1S/C22H16N2O2/c23-17-11-15(13-7-3-1-4-8-13)21(25)19-18(24)12-16(22(26)20(17)19)14-9-5-2-6-10-14/h1-12H,23-24H2. The Balaban J connectivity index is 1.89. The zero-order valence-corrected chi connectivity index (χ0v) is 13.9. The molecule has 0 saturated heterocycles. The third-order valence-electron chi connectivity index (χ3n) is 4.54. The Bertz CT molecular complexity index is 968. The molecule has 0 fully saturated rings. The molecule has 0 aromatic heterocycles. The lowest BCUT2D eigenvalue weighted by molar-refractivity contribution is -0.113. The van der Waals surface area contributed by atoms with E-state index in [2.05, 4.69) is 0 Å². The van der Waals surface area contributed by atoms with Crippen molar-refractivity contribution in [2.75, 3.05) is 0 Å². The lowest BCUT2D eigenvalue weighted by Crippen LogP contribution is -2.28. The molecule has 2 aromatic rings. The molecule has 0 heterocycles. The summed E-state index contributed by atoms with van der Waals surface area (Å²) in [5, 5.41) is 0. The van der Waals surface area contributed by atoms with Gasteiger partial charge in [-0.25, -0.2) is 0 Å². The Morgan fingerprint density at radius 1 is 0.538 bits per heavy atom. The van der Waals surface area contributed by atoms with E-state index in [1.807, 2.05) is 60.7 Å². The van der Waals surface area contributed by atoms with Crippen molar-refractivity contribution >= 4 is 22.7 Å².